The van der Waals surface area contributed by atoms with Gasteiger partial charge in [-0.25, -0.2) is 0 Å². The van der Waals surface area contributed by atoms with Crippen LogP contribution in [0.1, 0.15) is 0 Å². The first kappa shape index (κ1) is 24.6. The minimum absolute atomic E-state index is 0.933. The number of nitrogens with one attached hydrogen (secondary N) is 1. The first-order chi connectivity index (χ1) is 21.8. The zero-order chi connectivity index (χ0) is 29.0. The lowest BCUT2D eigenvalue weighted by Gasteiger charge is -2.13. The molecule has 206 valence electrons. The third-order valence-electron chi connectivity index (χ3n) is 8.61. The smallest absolute Gasteiger partial charge is 0.0702 e. The van der Waals surface area contributed by atoms with Gasteiger partial charge in [0.1, 0.15) is 0 Å². The molecule has 9 aromatic rings. The minimum Gasteiger partial charge on any atom is -0.355 e. The van der Waals surface area contributed by atoms with Crippen molar-refractivity contribution in [1.29, 1.82) is 0 Å². The number of aromatic amines is 1. The molecule has 0 bridgehead atoms. The quantitative estimate of drug-likeness (QED) is 0.232. The molecule has 0 saturated carbocycles. The zero-order valence-corrected chi connectivity index (χ0v) is 23.8. The number of hydrogen-bond acceptors (Lipinski definition) is 2. The Kier molecular flexibility index (Phi) is 5.47. The topological polar surface area (TPSA) is 46.5 Å². The van der Waals surface area contributed by atoms with Crippen molar-refractivity contribution in [2.24, 2.45) is 0 Å². The number of nitrogens with zero attached hydrogens (tertiary/aromatic N) is 3. The van der Waals surface area contributed by atoms with Crippen molar-refractivity contribution in [3.05, 3.63) is 152 Å². The Hall–Kier alpha value is -6.00. The van der Waals surface area contributed by atoms with E-state index in [0.29, 0.717) is 0 Å². The summed E-state index contributed by atoms with van der Waals surface area (Å²) in [4.78, 5) is 12.9. The number of benzene rings is 5. The van der Waals surface area contributed by atoms with Gasteiger partial charge in [0, 0.05) is 61.8 Å². The third-order valence-corrected chi connectivity index (χ3v) is 8.61. The molecule has 0 aliphatic rings. The van der Waals surface area contributed by atoms with Crippen molar-refractivity contribution in [2.75, 3.05) is 0 Å². The highest BCUT2D eigenvalue weighted by atomic mass is 15.0. The van der Waals surface area contributed by atoms with Crippen molar-refractivity contribution < 1.29 is 0 Å². The second-order valence-electron chi connectivity index (χ2n) is 11.2. The fraction of sp³-hybridized carbons (Fsp3) is 0. The molecule has 4 heteroatoms. The van der Waals surface area contributed by atoms with Gasteiger partial charge >= 0.3 is 0 Å². The van der Waals surface area contributed by atoms with E-state index in [-0.39, 0.29) is 0 Å². The van der Waals surface area contributed by atoms with Gasteiger partial charge in [0.2, 0.25) is 0 Å². The van der Waals surface area contributed by atoms with Crippen LogP contribution in [0.25, 0.3) is 82.9 Å². The Morgan fingerprint density at radius 1 is 0.409 bits per heavy atom. The summed E-state index contributed by atoms with van der Waals surface area (Å²) >= 11 is 0. The lowest BCUT2D eigenvalue weighted by Crippen LogP contribution is -1.97. The predicted molar refractivity (Wildman–Crippen MR) is 182 cm³/mol. The van der Waals surface area contributed by atoms with Crippen LogP contribution in [0.3, 0.4) is 0 Å². The average Bonchev–Trinajstić information content (AvgIpc) is 3.64. The van der Waals surface area contributed by atoms with Crippen LogP contribution < -0.4 is 0 Å². The molecule has 0 unspecified atom stereocenters. The van der Waals surface area contributed by atoms with E-state index in [4.69, 9.17) is 0 Å². The van der Waals surface area contributed by atoms with Gasteiger partial charge in [-0.05, 0) is 90.0 Å². The molecular formula is C40H26N4. The molecule has 0 atom stereocenters. The van der Waals surface area contributed by atoms with Crippen LogP contribution >= 0.6 is 0 Å². The highest BCUT2D eigenvalue weighted by Crippen LogP contribution is 2.38. The summed E-state index contributed by atoms with van der Waals surface area (Å²) < 4.78 is 2.37. The normalized spacial score (nSPS) is 11.6. The molecule has 4 aromatic heterocycles. The SMILES string of the molecule is c1ccc(-c2cc(-c3ccccn3)cc(-n3c4ccccc4c4cc(-c5ccc6[nH]c7ccccc7c6c5)ccc43)c2)nc1. The van der Waals surface area contributed by atoms with Gasteiger partial charge in [-0.15, -0.1) is 0 Å². The van der Waals surface area contributed by atoms with Crippen molar-refractivity contribution in [2.45, 2.75) is 0 Å². The van der Waals surface area contributed by atoms with Crippen molar-refractivity contribution >= 4 is 43.6 Å². The number of rotatable bonds is 4. The molecule has 4 heterocycles. The van der Waals surface area contributed by atoms with E-state index in [9.17, 15) is 0 Å². The van der Waals surface area contributed by atoms with Crippen LogP contribution in [0, 0.1) is 0 Å². The molecule has 44 heavy (non-hydrogen) atoms. The highest BCUT2D eigenvalue weighted by Gasteiger charge is 2.16. The molecule has 0 aliphatic carbocycles. The predicted octanol–water partition coefficient (Wildman–Crippen LogP) is 10.2. The molecular weight excluding hydrogens is 536 g/mol. The second-order valence-corrected chi connectivity index (χ2v) is 11.2. The highest BCUT2D eigenvalue weighted by molar-refractivity contribution is 6.12. The Balaban J connectivity index is 1.27. The second kappa shape index (κ2) is 9.79. The van der Waals surface area contributed by atoms with Gasteiger partial charge in [-0.1, -0.05) is 60.7 Å². The Morgan fingerprint density at radius 2 is 1.00 bits per heavy atom. The van der Waals surface area contributed by atoms with E-state index in [0.717, 1.165) is 50.3 Å². The van der Waals surface area contributed by atoms with Crippen molar-refractivity contribution in [3.63, 3.8) is 0 Å². The first-order valence-corrected chi connectivity index (χ1v) is 14.8. The molecule has 4 nitrogen and oxygen atoms in total. The minimum atomic E-state index is 0.933. The van der Waals surface area contributed by atoms with Gasteiger partial charge in [0.05, 0.1) is 22.4 Å². The third kappa shape index (κ3) is 3.92. The summed E-state index contributed by atoms with van der Waals surface area (Å²) in [6.07, 6.45) is 3.69. The number of hydrogen-bond donors (Lipinski definition) is 1. The lowest BCUT2D eigenvalue weighted by atomic mass is 10.0. The average molecular weight is 563 g/mol. The molecule has 0 aliphatic heterocycles. The van der Waals surface area contributed by atoms with Crippen LogP contribution in [-0.2, 0) is 0 Å². The van der Waals surface area contributed by atoms with Gasteiger partial charge in [0.15, 0.2) is 0 Å². The van der Waals surface area contributed by atoms with Crippen LogP contribution in [0.5, 0.6) is 0 Å². The molecule has 0 radical (unpaired) electrons. The first-order valence-electron chi connectivity index (χ1n) is 14.8. The fourth-order valence-corrected chi connectivity index (χ4v) is 6.56. The fourth-order valence-electron chi connectivity index (χ4n) is 6.56. The van der Waals surface area contributed by atoms with Crippen molar-refractivity contribution in [1.82, 2.24) is 19.5 Å². The van der Waals surface area contributed by atoms with E-state index < -0.39 is 0 Å². The van der Waals surface area contributed by atoms with Crippen LogP contribution in [0.4, 0.5) is 0 Å². The van der Waals surface area contributed by atoms with Crippen LogP contribution in [-0.4, -0.2) is 19.5 Å². The number of pyridine rings is 2. The van der Waals surface area contributed by atoms with Crippen LogP contribution in [0.2, 0.25) is 0 Å². The monoisotopic (exact) mass is 562 g/mol. The number of fused-ring (bicyclic) bond motifs is 6. The van der Waals surface area contributed by atoms with E-state index >= 15 is 0 Å². The standard InChI is InChI=1S/C40H26N4/c1-3-13-37-31(9-1)33-24-26(15-17-38(33)43-37)27-16-18-40-34(25-27)32-10-2-4-14-39(32)44(40)30-22-28(35-11-5-7-19-41-35)21-29(23-30)36-12-6-8-20-42-36/h1-25,43H. The summed E-state index contributed by atoms with van der Waals surface area (Å²) in [6.45, 7) is 0. The summed E-state index contributed by atoms with van der Waals surface area (Å²) in [7, 11) is 0. The summed E-state index contributed by atoms with van der Waals surface area (Å²) in [5.74, 6) is 0. The Morgan fingerprint density at radius 3 is 1.73 bits per heavy atom. The molecule has 0 spiro atoms. The molecule has 1 N–H and O–H groups in total. The molecule has 9 rings (SSSR count). The Labute approximate surface area is 253 Å². The van der Waals surface area contributed by atoms with Gasteiger partial charge < -0.3 is 9.55 Å². The molecule has 0 fully saturated rings. The summed E-state index contributed by atoms with van der Waals surface area (Å²) in [6, 6.07) is 49.5. The van der Waals surface area contributed by atoms with E-state index in [2.05, 4.69) is 135 Å². The van der Waals surface area contributed by atoms with E-state index in [1.165, 1.54) is 32.7 Å². The molecule has 0 saturated heterocycles. The van der Waals surface area contributed by atoms with Gasteiger partial charge in [0.25, 0.3) is 0 Å². The van der Waals surface area contributed by atoms with Gasteiger partial charge in [-0.3, -0.25) is 9.97 Å². The summed E-state index contributed by atoms with van der Waals surface area (Å²) in [5, 5.41) is 4.94. The van der Waals surface area contributed by atoms with E-state index in [1.807, 2.05) is 36.7 Å². The van der Waals surface area contributed by atoms with Crippen LogP contribution in [0.15, 0.2) is 152 Å². The van der Waals surface area contributed by atoms with Gasteiger partial charge in [-0.2, -0.15) is 0 Å². The molecule has 5 aromatic carbocycles. The zero-order valence-electron chi connectivity index (χ0n) is 23.8. The maximum absolute atomic E-state index is 4.68. The van der Waals surface area contributed by atoms with Crippen molar-refractivity contribution in [3.8, 4) is 39.3 Å². The Bertz CT molecular complexity index is 2430. The number of para-hydroxylation sites is 2. The lowest BCUT2D eigenvalue weighted by molar-refractivity contribution is 1.18. The maximum Gasteiger partial charge on any atom is 0.0702 e. The maximum atomic E-state index is 4.68. The molecule has 0 amide bonds. The largest absolute Gasteiger partial charge is 0.355 e. The van der Waals surface area contributed by atoms with E-state index in [1.54, 1.807) is 0 Å². The number of H-pyrrole nitrogens is 1. The summed E-state index contributed by atoms with van der Waals surface area (Å²) in [5.41, 5.74) is 12.1. The number of aromatic nitrogens is 4.